The van der Waals surface area contributed by atoms with Gasteiger partial charge in [-0.15, -0.1) is 0 Å². The highest BCUT2D eigenvalue weighted by Crippen LogP contribution is 2.05. The number of nitrogens with zero attached hydrogens (tertiary/aromatic N) is 1. The third-order valence-corrected chi connectivity index (χ3v) is 1.79. The number of nitrogens with one attached hydrogen (secondary N) is 1. The lowest BCUT2D eigenvalue weighted by Gasteiger charge is -2.29. The lowest BCUT2D eigenvalue weighted by Crippen LogP contribution is -2.41. The number of ether oxygens (including phenoxy) is 1. The zero-order valence-corrected chi connectivity index (χ0v) is 6.84. The van der Waals surface area contributed by atoms with Gasteiger partial charge in [0.25, 0.3) is 0 Å². The zero-order valence-electron chi connectivity index (χ0n) is 6.84. The van der Waals surface area contributed by atoms with E-state index in [0.29, 0.717) is 6.42 Å². The Labute approximate surface area is 66.8 Å². The number of hydrogen-bond acceptors (Lipinski definition) is 3. The van der Waals surface area contributed by atoms with Crippen LogP contribution >= 0.6 is 0 Å². The molecular weight excluding hydrogens is 142 g/mol. The largest absolute Gasteiger partial charge is 0.388 e. The number of rotatable bonds is 2. The molecule has 4 nitrogen and oxygen atoms in total. The van der Waals surface area contributed by atoms with Crippen LogP contribution in [0.2, 0.25) is 0 Å². The summed E-state index contributed by atoms with van der Waals surface area (Å²) in [5, 5.41) is 7.08. The van der Waals surface area contributed by atoms with Crippen LogP contribution in [0.1, 0.15) is 6.42 Å². The smallest absolute Gasteiger partial charge is 0.0931 e. The standard InChI is InChI=1S/C7H15N3O/c1-10-2-3-11-6(5-10)4-7(8)9/h6H,2-5H2,1H3,(H3,8,9). The predicted molar refractivity (Wildman–Crippen MR) is 43.8 cm³/mol. The molecule has 0 aromatic heterocycles. The van der Waals surface area contributed by atoms with Crippen molar-refractivity contribution in [3.8, 4) is 0 Å². The van der Waals surface area contributed by atoms with Gasteiger partial charge in [0.2, 0.25) is 0 Å². The van der Waals surface area contributed by atoms with Crippen LogP contribution in [0.3, 0.4) is 0 Å². The third-order valence-electron chi connectivity index (χ3n) is 1.79. The molecule has 1 saturated heterocycles. The van der Waals surface area contributed by atoms with E-state index in [-0.39, 0.29) is 11.9 Å². The van der Waals surface area contributed by atoms with Gasteiger partial charge in [0.05, 0.1) is 18.5 Å². The highest BCUT2D eigenvalue weighted by atomic mass is 16.5. The lowest BCUT2D eigenvalue weighted by molar-refractivity contribution is -0.0151. The third kappa shape index (κ3) is 2.86. The monoisotopic (exact) mass is 157 g/mol. The second kappa shape index (κ2) is 3.69. The van der Waals surface area contributed by atoms with Crippen molar-refractivity contribution in [1.29, 1.82) is 5.41 Å². The number of hydrogen-bond donors (Lipinski definition) is 2. The molecule has 0 radical (unpaired) electrons. The molecule has 3 N–H and O–H groups in total. The average molecular weight is 157 g/mol. The fourth-order valence-corrected chi connectivity index (χ4v) is 1.24. The van der Waals surface area contributed by atoms with Crippen LogP contribution in [0, 0.1) is 5.41 Å². The van der Waals surface area contributed by atoms with Crippen LogP contribution in [-0.4, -0.2) is 43.6 Å². The first-order chi connectivity index (χ1) is 5.18. The Bertz CT molecular complexity index is 149. The molecular formula is C7H15N3O. The van der Waals surface area contributed by atoms with Crippen LogP contribution in [-0.2, 0) is 4.74 Å². The van der Waals surface area contributed by atoms with E-state index in [1.54, 1.807) is 0 Å². The molecule has 1 atom stereocenters. The maximum absolute atomic E-state index is 7.08. The topological polar surface area (TPSA) is 62.3 Å². The van der Waals surface area contributed by atoms with E-state index < -0.39 is 0 Å². The number of likely N-dealkylation sites (N-methyl/N-ethyl adjacent to an activating group) is 1. The van der Waals surface area contributed by atoms with Crippen LogP contribution in [0.25, 0.3) is 0 Å². The van der Waals surface area contributed by atoms with E-state index in [1.165, 1.54) is 0 Å². The summed E-state index contributed by atoms with van der Waals surface area (Å²) in [5.41, 5.74) is 5.25. The Morgan fingerprint density at radius 2 is 2.55 bits per heavy atom. The quantitative estimate of drug-likeness (QED) is 0.425. The highest BCUT2D eigenvalue weighted by molar-refractivity contribution is 5.77. The molecule has 0 bridgehead atoms. The van der Waals surface area contributed by atoms with Gasteiger partial charge in [0.15, 0.2) is 0 Å². The molecule has 0 aromatic rings. The van der Waals surface area contributed by atoms with E-state index >= 15 is 0 Å². The molecule has 0 saturated carbocycles. The van der Waals surface area contributed by atoms with Crippen molar-refractivity contribution in [2.45, 2.75) is 12.5 Å². The molecule has 4 heteroatoms. The van der Waals surface area contributed by atoms with Gasteiger partial charge in [0, 0.05) is 19.5 Å². The first kappa shape index (κ1) is 8.49. The lowest BCUT2D eigenvalue weighted by atomic mass is 10.2. The summed E-state index contributed by atoms with van der Waals surface area (Å²) in [6.07, 6.45) is 0.691. The van der Waals surface area contributed by atoms with Gasteiger partial charge in [-0.3, -0.25) is 5.41 Å². The zero-order chi connectivity index (χ0) is 8.27. The van der Waals surface area contributed by atoms with Gasteiger partial charge in [-0.1, -0.05) is 0 Å². The molecule has 1 rings (SSSR count). The van der Waals surface area contributed by atoms with Crippen molar-refractivity contribution in [3.63, 3.8) is 0 Å². The average Bonchev–Trinajstić information content (AvgIpc) is 1.85. The van der Waals surface area contributed by atoms with E-state index in [4.69, 9.17) is 15.9 Å². The van der Waals surface area contributed by atoms with Crippen molar-refractivity contribution in [3.05, 3.63) is 0 Å². The fourth-order valence-electron chi connectivity index (χ4n) is 1.24. The summed E-state index contributed by atoms with van der Waals surface area (Å²) >= 11 is 0. The van der Waals surface area contributed by atoms with Gasteiger partial charge < -0.3 is 15.4 Å². The Balaban J connectivity index is 2.28. The maximum Gasteiger partial charge on any atom is 0.0931 e. The number of morpholine rings is 1. The summed E-state index contributed by atoms with van der Waals surface area (Å²) in [5.74, 6) is 0.213. The van der Waals surface area contributed by atoms with Gasteiger partial charge >= 0.3 is 0 Å². The van der Waals surface area contributed by atoms with Crippen LogP contribution in [0.15, 0.2) is 0 Å². The van der Waals surface area contributed by atoms with E-state index in [1.807, 2.05) is 0 Å². The van der Waals surface area contributed by atoms with Crippen LogP contribution in [0.4, 0.5) is 0 Å². The molecule has 1 fully saturated rings. The van der Waals surface area contributed by atoms with Crippen molar-refractivity contribution >= 4 is 5.84 Å². The molecule has 0 aromatic carbocycles. The fraction of sp³-hybridized carbons (Fsp3) is 0.857. The van der Waals surface area contributed by atoms with Crippen molar-refractivity contribution in [2.75, 3.05) is 26.7 Å². The Morgan fingerprint density at radius 3 is 3.09 bits per heavy atom. The molecule has 1 aliphatic heterocycles. The highest BCUT2D eigenvalue weighted by Gasteiger charge is 2.17. The van der Waals surface area contributed by atoms with Crippen LogP contribution < -0.4 is 5.73 Å². The minimum absolute atomic E-state index is 0.131. The second-order valence-electron chi connectivity index (χ2n) is 2.98. The SMILES string of the molecule is CN1CCOC(CC(=N)N)C1. The van der Waals surface area contributed by atoms with Gasteiger partial charge in [-0.2, -0.15) is 0 Å². The summed E-state index contributed by atoms with van der Waals surface area (Å²) in [4.78, 5) is 2.19. The van der Waals surface area contributed by atoms with Gasteiger partial charge in [0.1, 0.15) is 0 Å². The molecule has 11 heavy (non-hydrogen) atoms. The van der Waals surface area contributed by atoms with Crippen LogP contribution in [0.5, 0.6) is 0 Å². The Morgan fingerprint density at radius 1 is 1.82 bits per heavy atom. The van der Waals surface area contributed by atoms with E-state index in [9.17, 15) is 0 Å². The first-order valence-electron chi connectivity index (χ1n) is 3.81. The number of amidine groups is 1. The molecule has 1 unspecified atom stereocenters. The Kier molecular flexibility index (Phi) is 2.84. The van der Waals surface area contributed by atoms with Crippen molar-refractivity contribution < 1.29 is 4.74 Å². The second-order valence-corrected chi connectivity index (χ2v) is 2.98. The molecule has 1 heterocycles. The number of nitrogens with two attached hydrogens (primary N) is 1. The minimum Gasteiger partial charge on any atom is -0.388 e. The summed E-state index contributed by atoms with van der Waals surface area (Å²) in [6.45, 7) is 2.63. The summed E-state index contributed by atoms with van der Waals surface area (Å²) in [6, 6.07) is 0. The predicted octanol–water partition coefficient (Wildman–Crippen LogP) is -0.357. The van der Waals surface area contributed by atoms with Crippen molar-refractivity contribution in [2.24, 2.45) is 5.73 Å². The molecule has 0 spiro atoms. The molecule has 64 valence electrons. The summed E-state index contributed by atoms with van der Waals surface area (Å²) < 4.78 is 5.40. The van der Waals surface area contributed by atoms with Gasteiger partial charge in [-0.25, -0.2) is 0 Å². The molecule has 1 aliphatic rings. The first-order valence-corrected chi connectivity index (χ1v) is 3.81. The molecule has 0 aliphatic carbocycles. The van der Waals surface area contributed by atoms with Crippen molar-refractivity contribution in [1.82, 2.24) is 4.90 Å². The summed E-state index contributed by atoms with van der Waals surface area (Å²) in [7, 11) is 2.05. The normalized spacial score (nSPS) is 26.8. The minimum atomic E-state index is 0.131. The molecule has 0 amide bonds. The Hall–Kier alpha value is -0.610. The van der Waals surface area contributed by atoms with E-state index in [2.05, 4.69) is 11.9 Å². The van der Waals surface area contributed by atoms with E-state index in [0.717, 1.165) is 19.7 Å². The van der Waals surface area contributed by atoms with Gasteiger partial charge in [-0.05, 0) is 7.05 Å². The maximum atomic E-state index is 7.08.